The summed E-state index contributed by atoms with van der Waals surface area (Å²) in [5, 5.41) is 19.0. The van der Waals surface area contributed by atoms with E-state index in [1.54, 1.807) is 0 Å². The Morgan fingerprint density at radius 3 is 2.35 bits per heavy atom. The Balaban J connectivity index is 3.07. The minimum atomic E-state index is -2.25. The normalized spacial score (nSPS) is 12.3. The minimum absolute atomic E-state index is 0.0397. The summed E-state index contributed by atoms with van der Waals surface area (Å²) in [4.78, 5) is 27.4. The lowest BCUT2D eigenvalue weighted by molar-refractivity contribution is -0.210. The summed E-state index contributed by atoms with van der Waals surface area (Å²) in [6, 6.07) is 0. The van der Waals surface area contributed by atoms with Gasteiger partial charge in [0.25, 0.3) is 5.56 Å². The van der Waals surface area contributed by atoms with Gasteiger partial charge < -0.3 is 10.2 Å². The quantitative estimate of drug-likeness (QED) is 0.564. The molecule has 2 N–H and O–H groups in total. The lowest BCUT2D eigenvalue weighted by atomic mass is 10.4. The lowest BCUT2D eigenvalue weighted by Crippen LogP contribution is -2.39. The Labute approximate surface area is 95.0 Å². The maximum Gasteiger partial charge on any atom is 0.332 e. The summed E-state index contributed by atoms with van der Waals surface area (Å²) >= 11 is 0. The van der Waals surface area contributed by atoms with Crippen LogP contribution in [0, 0.1) is 0 Å². The zero-order valence-corrected chi connectivity index (χ0v) is 9.58. The molecule has 0 aliphatic heterocycles. The first kappa shape index (κ1) is 11.6. The average molecular weight is 240 g/mol. The molecule has 0 saturated carbocycles. The van der Waals surface area contributed by atoms with Crippen LogP contribution in [0.5, 0.6) is 0 Å². The average Bonchev–Trinajstić information content (AvgIpc) is 2.67. The molecule has 2 heterocycles. The number of fused-ring (bicyclic) bond motifs is 1. The molecule has 8 nitrogen and oxygen atoms in total. The van der Waals surface area contributed by atoms with Gasteiger partial charge in [-0.25, -0.2) is 9.78 Å². The predicted octanol–water partition coefficient (Wildman–Crippen LogP) is -1.95. The van der Waals surface area contributed by atoms with Crippen molar-refractivity contribution in [2.75, 3.05) is 0 Å². The number of aromatic nitrogens is 4. The van der Waals surface area contributed by atoms with Gasteiger partial charge in [-0.1, -0.05) is 0 Å². The Morgan fingerprint density at radius 1 is 1.24 bits per heavy atom. The SMILES string of the molecule is Cn1c(=O)c2c(ncn2C(C)(O)O)n(C)c1=O. The Hall–Kier alpha value is -1.93. The van der Waals surface area contributed by atoms with Crippen LogP contribution in [0.2, 0.25) is 0 Å². The van der Waals surface area contributed by atoms with Gasteiger partial charge in [0, 0.05) is 21.0 Å². The molecule has 0 amide bonds. The number of nitrogens with zero attached hydrogens (tertiary/aromatic N) is 4. The second-order valence-electron chi connectivity index (χ2n) is 3.96. The van der Waals surface area contributed by atoms with Crippen LogP contribution in [-0.4, -0.2) is 28.9 Å². The van der Waals surface area contributed by atoms with Gasteiger partial charge in [0.2, 0.25) is 5.91 Å². The van der Waals surface area contributed by atoms with Gasteiger partial charge in [-0.05, 0) is 0 Å². The number of hydrogen-bond donors (Lipinski definition) is 2. The van der Waals surface area contributed by atoms with E-state index in [4.69, 9.17) is 0 Å². The van der Waals surface area contributed by atoms with Crippen molar-refractivity contribution in [3.63, 3.8) is 0 Å². The van der Waals surface area contributed by atoms with E-state index >= 15 is 0 Å². The summed E-state index contributed by atoms with van der Waals surface area (Å²) in [6.45, 7) is 1.10. The third-order valence-corrected chi connectivity index (χ3v) is 2.60. The highest BCUT2D eigenvalue weighted by atomic mass is 16.5. The number of aliphatic hydroxyl groups is 2. The summed E-state index contributed by atoms with van der Waals surface area (Å²) in [5.41, 5.74) is -1.09. The van der Waals surface area contributed by atoms with Crippen molar-refractivity contribution in [1.29, 1.82) is 0 Å². The van der Waals surface area contributed by atoms with Crippen molar-refractivity contribution in [3.05, 3.63) is 27.2 Å². The summed E-state index contributed by atoms with van der Waals surface area (Å²) in [6.07, 6.45) is 1.10. The number of hydrogen-bond acceptors (Lipinski definition) is 5. The van der Waals surface area contributed by atoms with E-state index in [2.05, 4.69) is 4.98 Å². The Kier molecular flexibility index (Phi) is 2.23. The fraction of sp³-hybridized carbons (Fsp3) is 0.444. The standard InChI is InChI=1S/C9H12N4O4/c1-9(16,17)13-4-10-6-5(13)7(14)12(3)8(15)11(6)2/h4,16-17H,1-3H3. The van der Waals surface area contributed by atoms with Crippen LogP contribution < -0.4 is 11.2 Å². The lowest BCUT2D eigenvalue weighted by Gasteiger charge is -2.17. The molecule has 2 rings (SSSR count). The molecule has 2 aromatic rings. The molecular weight excluding hydrogens is 228 g/mol. The molecule has 17 heavy (non-hydrogen) atoms. The zero-order valence-electron chi connectivity index (χ0n) is 9.58. The molecule has 0 unspecified atom stereocenters. The molecule has 2 aromatic heterocycles. The van der Waals surface area contributed by atoms with Gasteiger partial charge in [-0.15, -0.1) is 0 Å². The minimum Gasteiger partial charge on any atom is -0.349 e. The topological polar surface area (TPSA) is 102 Å². The second kappa shape index (κ2) is 3.28. The largest absolute Gasteiger partial charge is 0.349 e. The van der Waals surface area contributed by atoms with E-state index in [1.807, 2.05) is 0 Å². The third-order valence-electron chi connectivity index (χ3n) is 2.60. The molecule has 0 spiro atoms. The van der Waals surface area contributed by atoms with E-state index < -0.39 is 17.2 Å². The van der Waals surface area contributed by atoms with Crippen molar-refractivity contribution in [1.82, 2.24) is 18.7 Å². The fourth-order valence-electron chi connectivity index (χ4n) is 1.67. The van der Waals surface area contributed by atoms with Crippen molar-refractivity contribution in [2.24, 2.45) is 14.1 Å². The second-order valence-corrected chi connectivity index (χ2v) is 3.96. The van der Waals surface area contributed by atoms with Gasteiger partial charge in [0.05, 0.1) is 0 Å². The first-order valence-corrected chi connectivity index (χ1v) is 4.83. The van der Waals surface area contributed by atoms with Gasteiger partial charge in [0.1, 0.15) is 6.33 Å². The van der Waals surface area contributed by atoms with Crippen LogP contribution >= 0.6 is 0 Å². The third kappa shape index (κ3) is 1.49. The first-order valence-electron chi connectivity index (χ1n) is 4.83. The molecule has 0 fully saturated rings. The molecule has 0 aliphatic rings. The predicted molar refractivity (Wildman–Crippen MR) is 58.3 cm³/mol. The molecule has 92 valence electrons. The van der Waals surface area contributed by atoms with Crippen LogP contribution in [-0.2, 0) is 20.0 Å². The highest BCUT2D eigenvalue weighted by Gasteiger charge is 2.24. The van der Waals surface area contributed by atoms with E-state index in [-0.39, 0.29) is 11.2 Å². The number of aryl methyl sites for hydroxylation is 1. The van der Waals surface area contributed by atoms with Gasteiger partial charge in [0.15, 0.2) is 11.2 Å². The van der Waals surface area contributed by atoms with Gasteiger partial charge in [-0.2, -0.15) is 0 Å². The molecule has 0 aliphatic carbocycles. The molecule has 0 saturated heterocycles. The van der Waals surface area contributed by atoms with Gasteiger partial charge in [-0.3, -0.25) is 18.5 Å². The highest BCUT2D eigenvalue weighted by molar-refractivity contribution is 5.70. The summed E-state index contributed by atoms with van der Waals surface area (Å²) in [5.74, 6) is -2.25. The summed E-state index contributed by atoms with van der Waals surface area (Å²) in [7, 11) is 2.76. The van der Waals surface area contributed by atoms with E-state index in [9.17, 15) is 19.8 Å². The monoisotopic (exact) mass is 240 g/mol. The fourth-order valence-corrected chi connectivity index (χ4v) is 1.67. The van der Waals surface area contributed by atoms with Gasteiger partial charge >= 0.3 is 5.69 Å². The van der Waals surface area contributed by atoms with E-state index in [0.29, 0.717) is 0 Å². The first-order chi connectivity index (χ1) is 7.75. The molecule has 0 atom stereocenters. The van der Waals surface area contributed by atoms with Crippen LogP contribution in [0.4, 0.5) is 0 Å². The van der Waals surface area contributed by atoms with Crippen LogP contribution in [0.15, 0.2) is 15.9 Å². The van der Waals surface area contributed by atoms with Crippen LogP contribution in [0.25, 0.3) is 11.2 Å². The maximum atomic E-state index is 11.9. The zero-order chi connectivity index (χ0) is 13.0. The van der Waals surface area contributed by atoms with Crippen molar-refractivity contribution < 1.29 is 10.2 Å². The molecular formula is C9H12N4O4. The number of rotatable bonds is 1. The Morgan fingerprint density at radius 2 is 1.82 bits per heavy atom. The molecule has 0 bridgehead atoms. The van der Waals surface area contributed by atoms with Crippen LogP contribution in [0.1, 0.15) is 6.92 Å². The van der Waals surface area contributed by atoms with E-state index in [0.717, 1.165) is 22.4 Å². The Bertz CT molecular complexity index is 701. The number of imidazole rings is 1. The highest BCUT2D eigenvalue weighted by Crippen LogP contribution is 2.13. The molecule has 0 aromatic carbocycles. The van der Waals surface area contributed by atoms with Crippen molar-refractivity contribution in [3.8, 4) is 0 Å². The van der Waals surface area contributed by atoms with Crippen LogP contribution in [0.3, 0.4) is 0 Å². The molecule has 0 radical (unpaired) electrons. The van der Waals surface area contributed by atoms with Crippen molar-refractivity contribution in [2.45, 2.75) is 12.8 Å². The summed E-state index contributed by atoms with van der Waals surface area (Å²) < 4.78 is 2.95. The molecule has 8 heteroatoms. The maximum absolute atomic E-state index is 11.9. The smallest absolute Gasteiger partial charge is 0.332 e. The van der Waals surface area contributed by atoms with Crippen molar-refractivity contribution >= 4 is 11.2 Å². The van der Waals surface area contributed by atoms with E-state index in [1.165, 1.54) is 18.7 Å².